The van der Waals surface area contributed by atoms with Gasteiger partial charge in [-0.15, -0.1) is 0 Å². The molecular formula is C14H18ClN3OS. The SMILES string of the molecule is C=C1C(Cl)=CC(C)=C(c2nn(C)c(S(C)=O)c2C)N1C. The minimum atomic E-state index is -1.08. The van der Waals surface area contributed by atoms with E-state index in [-0.39, 0.29) is 0 Å². The van der Waals surface area contributed by atoms with Gasteiger partial charge in [0.15, 0.2) is 0 Å². The fraction of sp³-hybridized carbons (Fsp3) is 0.357. The predicted octanol–water partition coefficient (Wildman–Crippen LogP) is 2.78. The molecule has 0 bridgehead atoms. The highest BCUT2D eigenvalue weighted by molar-refractivity contribution is 7.84. The van der Waals surface area contributed by atoms with E-state index in [9.17, 15) is 4.21 Å². The van der Waals surface area contributed by atoms with Gasteiger partial charge in [0.25, 0.3) is 0 Å². The molecule has 0 saturated heterocycles. The molecule has 0 aliphatic carbocycles. The maximum absolute atomic E-state index is 11.8. The molecule has 6 heteroatoms. The summed E-state index contributed by atoms with van der Waals surface area (Å²) >= 11 is 6.15. The van der Waals surface area contributed by atoms with Gasteiger partial charge < -0.3 is 4.90 Å². The van der Waals surface area contributed by atoms with Crippen molar-refractivity contribution < 1.29 is 4.21 Å². The molecule has 0 N–H and O–H groups in total. The molecule has 0 aromatic carbocycles. The lowest BCUT2D eigenvalue weighted by Gasteiger charge is -2.29. The van der Waals surface area contributed by atoms with E-state index in [1.54, 1.807) is 10.9 Å². The quantitative estimate of drug-likeness (QED) is 0.843. The van der Waals surface area contributed by atoms with Gasteiger partial charge in [-0.05, 0) is 25.5 Å². The Hall–Kier alpha value is -1.33. The van der Waals surface area contributed by atoms with Crippen LogP contribution in [0.3, 0.4) is 0 Å². The van der Waals surface area contributed by atoms with Crippen LogP contribution in [-0.2, 0) is 17.8 Å². The molecule has 1 aliphatic rings. The van der Waals surface area contributed by atoms with Gasteiger partial charge in [-0.2, -0.15) is 5.10 Å². The van der Waals surface area contributed by atoms with Gasteiger partial charge in [-0.1, -0.05) is 18.2 Å². The minimum absolute atomic E-state index is 0.627. The second-order valence-electron chi connectivity index (χ2n) is 4.89. The third kappa shape index (κ3) is 2.25. The number of rotatable bonds is 2. The molecule has 2 heterocycles. The molecule has 1 unspecified atom stereocenters. The highest BCUT2D eigenvalue weighted by Gasteiger charge is 2.26. The minimum Gasteiger partial charge on any atom is -0.342 e. The topological polar surface area (TPSA) is 38.1 Å². The van der Waals surface area contributed by atoms with E-state index >= 15 is 0 Å². The largest absolute Gasteiger partial charge is 0.342 e. The van der Waals surface area contributed by atoms with Gasteiger partial charge in [0.1, 0.15) is 10.7 Å². The fourth-order valence-corrected chi connectivity index (χ4v) is 3.72. The summed E-state index contributed by atoms with van der Waals surface area (Å²) in [6.45, 7) is 7.90. The molecule has 2 rings (SSSR count). The van der Waals surface area contributed by atoms with Gasteiger partial charge in [0, 0.05) is 25.9 Å². The van der Waals surface area contributed by atoms with Crippen LogP contribution >= 0.6 is 11.6 Å². The Morgan fingerprint density at radius 1 is 1.35 bits per heavy atom. The summed E-state index contributed by atoms with van der Waals surface area (Å²) in [4.78, 5) is 1.93. The van der Waals surface area contributed by atoms with E-state index in [0.717, 1.165) is 33.3 Å². The molecule has 0 fully saturated rings. The number of halogens is 1. The van der Waals surface area contributed by atoms with Gasteiger partial charge in [-0.25, -0.2) is 0 Å². The average Bonchev–Trinajstić information content (AvgIpc) is 2.62. The summed E-state index contributed by atoms with van der Waals surface area (Å²) in [6, 6.07) is 0. The Balaban J connectivity index is 2.68. The Morgan fingerprint density at radius 2 is 1.95 bits per heavy atom. The number of likely N-dealkylation sites (N-methyl/N-ethyl adjacent to an activating group) is 1. The van der Waals surface area contributed by atoms with Crippen molar-refractivity contribution in [2.24, 2.45) is 7.05 Å². The first kappa shape index (κ1) is 15.1. The van der Waals surface area contributed by atoms with Crippen molar-refractivity contribution in [3.05, 3.63) is 40.2 Å². The highest BCUT2D eigenvalue weighted by atomic mass is 35.5. The van der Waals surface area contributed by atoms with E-state index in [1.165, 1.54) is 0 Å². The van der Waals surface area contributed by atoms with Crippen molar-refractivity contribution in [2.75, 3.05) is 13.3 Å². The monoisotopic (exact) mass is 311 g/mol. The van der Waals surface area contributed by atoms with Crippen molar-refractivity contribution >= 4 is 28.1 Å². The molecule has 1 aliphatic heterocycles. The van der Waals surface area contributed by atoms with Crippen LogP contribution in [0.1, 0.15) is 18.2 Å². The first-order chi connectivity index (χ1) is 9.25. The average molecular weight is 312 g/mol. The highest BCUT2D eigenvalue weighted by Crippen LogP contribution is 2.36. The second-order valence-corrected chi connectivity index (χ2v) is 6.59. The van der Waals surface area contributed by atoms with Gasteiger partial charge in [0.05, 0.1) is 27.2 Å². The van der Waals surface area contributed by atoms with E-state index in [4.69, 9.17) is 11.6 Å². The molecule has 0 spiro atoms. The standard InChI is InChI=1S/C14H18ClN3OS/c1-8-7-11(15)10(3)17(4)13(8)12-9(2)14(20(6)19)18(5)16-12/h7H,3H2,1-2,4-6H3. The molecule has 1 aromatic rings. The van der Waals surface area contributed by atoms with E-state index in [1.807, 2.05) is 38.9 Å². The van der Waals surface area contributed by atoms with E-state index in [2.05, 4.69) is 11.7 Å². The Kier molecular flexibility index (Phi) is 3.93. The van der Waals surface area contributed by atoms with Gasteiger partial charge >= 0.3 is 0 Å². The van der Waals surface area contributed by atoms with Crippen LogP contribution in [0.4, 0.5) is 0 Å². The molecule has 4 nitrogen and oxygen atoms in total. The molecule has 1 aromatic heterocycles. The molecule has 20 heavy (non-hydrogen) atoms. The smallest absolute Gasteiger partial charge is 0.128 e. The third-order valence-corrected chi connectivity index (χ3v) is 4.89. The number of hydrogen-bond acceptors (Lipinski definition) is 3. The number of allylic oxidation sites excluding steroid dienone is 3. The molecule has 108 valence electrons. The summed E-state index contributed by atoms with van der Waals surface area (Å²) in [5.41, 5.74) is 4.44. The number of aromatic nitrogens is 2. The molecule has 0 amide bonds. The normalized spacial score (nSPS) is 17.6. The lowest BCUT2D eigenvalue weighted by atomic mass is 10.0. The van der Waals surface area contributed by atoms with Crippen LogP contribution in [0.25, 0.3) is 5.70 Å². The summed E-state index contributed by atoms with van der Waals surface area (Å²) in [5.74, 6) is 0. The lowest BCUT2D eigenvalue weighted by Crippen LogP contribution is -2.21. The fourth-order valence-electron chi connectivity index (χ4n) is 2.49. The lowest BCUT2D eigenvalue weighted by molar-refractivity contribution is 0.597. The zero-order chi connectivity index (χ0) is 15.2. The van der Waals surface area contributed by atoms with Gasteiger partial charge in [0.2, 0.25) is 0 Å². The van der Waals surface area contributed by atoms with Gasteiger partial charge in [-0.3, -0.25) is 8.89 Å². The Labute approximate surface area is 126 Å². The third-order valence-electron chi connectivity index (χ3n) is 3.45. The van der Waals surface area contributed by atoms with Crippen molar-refractivity contribution in [1.29, 1.82) is 0 Å². The molecule has 0 saturated carbocycles. The van der Waals surface area contributed by atoms with Crippen LogP contribution in [0.2, 0.25) is 0 Å². The molecule has 0 radical (unpaired) electrons. The maximum atomic E-state index is 11.8. The maximum Gasteiger partial charge on any atom is 0.128 e. The van der Waals surface area contributed by atoms with E-state index in [0.29, 0.717) is 5.03 Å². The summed E-state index contributed by atoms with van der Waals surface area (Å²) in [7, 11) is 2.64. The summed E-state index contributed by atoms with van der Waals surface area (Å²) in [5, 5.41) is 5.89. The summed E-state index contributed by atoms with van der Waals surface area (Å²) in [6.07, 6.45) is 3.55. The van der Waals surface area contributed by atoms with Crippen LogP contribution < -0.4 is 0 Å². The van der Waals surface area contributed by atoms with Crippen LogP contribution in [0, 0.1) is 6.92 Å². The number of hydrogen-bond donors (Lipinski definition) is 0. The number of nitrogens with zero attached hydrogens (tertiary/aromatic N) is 3. The number of aryl methyl sites for hydroxylation is 1. The molecular weight excluding hydrogens is 294 g/mol. The van der Waals surface area contributed by atoms with Crippen LogP contribution in [-0.4, -0.2) is 32.2 Å². The van der Waals surface area contributed by atoms with Crippen molar-refractivity contribution in [3.63, 3.8) is 0 Å². The second kappa shape index (κ2) is 5.22. The zero-order valence-electron chi connectivity index (χ0n) is 12.3. The first-order valence-corrected chi connectivity index (χ1v) is 8.07. The zero-order valence-corrected chi connectivity index (χ0v) is 13.9. The predicted molar refractivity (Wildman–Crippen MR) is 83.7 cm³/mol. The van der Waals surface area contributed by atoms with Crippen molar-refractivity contribution in [3.8, 4) is 0 Å². The Morgan fingerprint density at radius 3 is 2.45 bits per heavy atom. The van der Waals surface area contributed by atoms with Crippen LogP contribution in [0.15, 0.2) is 34.0 Å². The first-order valence-electron chi connectivity index (χ1n) is 6.14. The van der Waals surface area contributed by atoms with Crippen molar-refractivity contribution in [2.45, 2.75) is 18.9 Å². The Bertz CT molecular complexity index is 685. The van der Waals surface area contributed by atoms with Crippen LogP contribution in [0.5, 0.6) is 0 Å². The van der Waals surface area contributed by atoms with E-state index < -0.39 is 10.8 Å². The summed E-state index contributed by atoms with van der Waals surface area (Å²) < 4.78 is 13.5. The molecule has 1 atom stereocenters. The van der Waals surface area contributed by atoms with Crippen molar-refractivity contribution in [1.82, 2.24) is 14.7 Å².